The van der Waals surface area contributed by atoms with Crippen molar-refractivity contribution < 1.29 is 19.1 Å². The molecule has 0 aromatic heterocycles. The smallest absolute Gasteiger partial charge is 0.311 e. The molecule has 0 saturated carbocycles. The summed E-state index contributed by atoms with van der Waals surface area (Å²) < 4.78 is 5.17. The van der Waals surface area contributed by atoms with Crippen LogP contribution < -0.4 is 10.2 Å². The zero-order valence-corrected chi connectivity index (χ0v) is 17.0. The number of carbonyl (C=O) groups is 3. The molecule has 2 aromatic carbocycles. The summed E-state index contributed by atoms with van der Waals surface area (Å²) in [4.78, 5) is 38.4. The second-order valence-electron chi connectivity index (χ2n) is 7.40. The topological polar surface area (TPSA) is 75.7 Å². The second-order valence-corrected chi connectivity index (χ2v) is 7.40. The summed E-state index contributed by atoms with van der Waals surface area (Å²) in [6, 6.07) is 13.5. The maximum atomic E-state index is 12.4. The van der Waals surface area contributed by atoms with E-state index in [1.165, 1.54) is 5.56 Å². The minimum absolute atomic E-state index is 0.0902. The van der Waals surface area contributed by atoms with Crippen LogP contribution in [0.15, 0.2) is 42.5 Å². The molecule has 1 atom stereocenters. The first-order valence-electron chi connectivity index (χ1n) is 9.80. The summed E-state index contributed by atoms with van der Waals surface area (Å²) in [5.74, 6) is -1.61. The summed E-state index contributed by atoms with van der Waals surface area (Å²) in [5.41, 5.74) is 4.62. The van der Waals surface area contributed by atoms with Gasteiger partial charge in [0.05, 0.1) is 5.92 Å². The maximum Gasteiger partial charge on any atom is 0.311 e. The van der Waals surface area contributed by atoms with Crippen molar-refractivity contribution in [1.29, 1.82) is 0 Å². The Hall–Kier alpha value is -3.15. The molecule has 1 N–H and O–H groups in total. The fourth-order valence-corrected chi connectivity index (χ4v) is 3.34. The van der Waals surface area contributed by atoms with Crippen LogP contribution in [-0.2, 0) is 25.5 Å². The van der Waals surface area contributed by atoms with E-state index in [0.29, 0.717) is 5.69 Å². The van der Waals surface area contributed by atoms with Gasteiger partial charge >= 0.3 is 5.97 Å². The molecule has 3 rings (SSSR count). The first-order chi connectivity index (χ1) is 13.9. The van der Waals surface area contributed by atoms with Crippen molar-refractivity contribution in [3.05, 3.63) is 59.2 Å². The Morgan fingerprint density at radius 2 is 1.86 bits per heavy atom. The van der Waals surface area contributed by atoms with Gasteiger partial charge in [0.15, 0.2) is 6.61 Å². The van der Waals surface area contributed by atoms with Crippen molar-refractivity contribution in [2.75, 3.05) is 23.4 Å². The van der Waals surface area contributed by atoms with Gasteiger partial charge in [-0.1, -0.05) is 31.2 Å². The van der Waals surface area contributed by atoms with E-state index in [-0.39, 0.29) is 25.5 Å². The SMILES string of the molecule is CCc1ccc(N2CC(C(=O)OCC(=O)Nc3cc(C)ccc3C)CC2=O)cc1. The lowest BCUT2D eigenvalue weighted by Crippen LogP contribution is -2.28. The van der Waals surface area contributed by atoms with Gasteiger partial charge in [-0.05, 0) is 55.2 Å². The highest BCUT2D eigenvalue weighted by atomic mass is 16.5. The van der Waals surface area contributed by atoms with E-state index in [0.717, 1.165) is 23.2 Å². The predicted molar refractivity (Wildman–Crippen MR) is 112 cm³/mol. The Balaban J connectivity index is 1.53. The number of nitrogens with zero attached hydrogens (tertiary/aromatic N) is 1. The number of aryl methyl sites for hydroxylation is 3. The van der Waals surface area contributed by atoms with E-state index in [2.05, 4.69) is 12.2 Å². The largest absolute Gasteiger partial charge is 0.455 e. The van der Waals surface area contributed by atoms with Crippen molar-refractivity contribution in [2.24, 2.45) is 5.92 Å². The number of nitrogens with one attached hydrogen (secondary N) is 1. The van der Waals surface area contributed by atoms with Gasteiger partial charge in [0.2, 0.25) is 5.91 Å². The molecule has 29 heavy (non-hydrogen) atoms. The molecule has 0 bridgehead atoms. The molecule has 0 aliphatic carbocycles. The normalized spacial score (nSPS) is 16.0. The molecule has 1 fully saturated rings. The molecule has 2 amide bonds. The van der Waals surface area contributed by atoms with E-state index in [1.54, 1.807) is 4.90 Å². The van der Waals surface area contributed by atoms with E-state index < -0.39 is 17.8 Å². The molecule has 1 saturated heterocycles. The van der Waals surface area contributed by atoms with Crippen molar-refractivity contribution in [3.8, 4) is 0 Å². The van der Waals surface area contributed by atoms with E-state index in [4.69, 9.17) is 4.74 Å². The molecular weight excluding hydrogens is 368 g/mol. The molecule has 1 unspecified atom stereocenters. The molecule has 6 heteroatoms. The number of anilines is 2. The summed E-state index contributed by atoms with van der Waals surface area (Å²) in [7, 11) is 0. The third-order valence-corrected chi connectivity index (χ3v) is 5.13. The molecule has 2 aromatic rings. The van der Waals surface area contributed by atoms with Crippen LogP contribution in [0, 0.1) is 19.8 Å². The molecule has 1 aliphatic rings. The second kappa shape index (κ2) is 8.90. The number of rotatable bonds is 6. The van der Waals surface area contributed by atoms with Gasteiger partial charge in [-0.3, -0.25) is 14.4 Å². The number of benzene rings is 2. The molecule has 152 valence electrons. The fourth-order valence-electron chi connectivity index (χ4n) is 3.34. The van der Waals surface area contributed by atoms with Crippen LogP contribution in [0.3, 0.4) is 0 Å². The van der Waals surface area contributed by atoms with Crippen molar-refractivity contribution in [2.45, 2.75) is 33.6 Å². The molecule has 1 heterocycles. The molecule has 1 aliphatic heterocycles. The molecule has 6 nitrogen and oxygen atoms in total. The molecule has 0 spiro atoms. The Morgan fingerprint density at radius 1 is 1.14 bits per heavy atom. The lowest BCUT2D eigenvalue weighted by molar-refractivity contribution is -0.151. The Labute approximate surface area is 170 Å². The van der Waals surface area contributed by atoms with Crippen LogP contribution in [-0.4, -0.2) is 30.9 Å². The maximum absolute atomic E-state index is 12.4. The standard InChI is InChI=1S/C23H26N2O4/c1-4-17-7-9-19(10-8-17)25-13-18(12-22(25)27)23(28)29-14-21(26)24-20-11-15(2)5-6-16(20)3/h5-11,18H,4,12-14H2,1-3H3,(H,24,26). The third-order valence-electron chi connectivity index (χ3n) is 5.13. The Kier molecular flexibility index (Phi) is 6.32. The number of amides is 2. The number of esters is 1. The van der Waals surface area contributed by atoms with Gasteiger partial charge in [0.25, 0.3) is 5.91 Å². The first kappa shape index (κ1) is 20.6. The van der Waals surface area contributed by atoms with E-state index >= 15 is 0 Å². The lowest BCUT2D eigenvalue weighted by atomic mass is 10.1. The average Bonchev–Trinajstić information content (AvgIpc) is 3.10. The number of ether oxygens (including phenoxy) is 1. The predicted octanol–water partition coefficient (Wildman–Crippen LogP) is 3.40. The van der Waals surface area contributed by atoms with E-state index in [9.17, 15) is 14.4 Å². The van der Waals surface area contributed by atoms with Crippen LogP contribution in [0.1, 0.15) is 30.0 Å². The van der Waals surface area contributed by atoms with Crippen molar-refractivity contribution >= 4 is 29.2 Å². The summed E-state index contributed by atoms with van der Waals surface area (Å²) in [6.07, 6.45) is 1.01. The fraction of sp³-hybridized carbons (Fsp3) is 0.348. The summed E-state index contributed by atoms with van der Waals surface area (Å²) in [5, 5.41) is 2.76. The van der Waals surface area contributed by atoms with Gasteiger partial charge in [0.1, 0.15) is 0 Å². The van der Waals surface area contributed by atoms with Crippen LogP contribution in [0.4, 0.5) is 11.4 Å². The zero-order valence-electron chi connectivity index (χ0n) is 17.0. The van der Waals surface area contributed by atoms with Gasteiger partial charge in [-0.15, -0.1) is 0 Å². The van der Waals surface area contributed by atoms with Gasteiger partial charge < -0.3 is 15.0 Å². The average molecular weight is 394 g/mol. The Bertz CT molecular complexity index is 921. The van der Waals surface area contributed by atoms with Crippen LogP contribution in [0.2, 0.25) is 0 Å². The van der Waals surface area contributed by atoms with Crippen LogP contribution in [0.5, 0.6) is 0 Å². The third kappa shape index (κ3) is 5.02. The number of carbonyl (C=O) groups excluding carboxylic acids is 3. The lowest BCUT2D eigenvalue weighted by Gasteiger charge is -2.17. The van der Waals surface area contributed by atoms with Gasteiger partial charge in [0, 0.05) is 24.3 Å². The number of hydrogen-bond acceptors (Lipinski definition) is 4. The van der Waals surface area contributed by atoms with Crippen molar-refractivity contribution in [1.82, 2.24) is 0 Å². The van der Waals surface area contributed by atoms with Crippen LogP contribution >= 0.6 is 0 Å². The van der Waals surface area contributed by atoms with E-state index in [1.807, 2.05) is 56.3 Å². The summed E-state index contributed by atoms with van der Waals surface area (Å²) in [6.45, 7) is 5.79. The quantitative estimate of drug-likeness (QED) is 0.762. The minimum Gasteiger partial charge on any atom is -0.455 e. The summed E-state index contributed by atoms with van der Waals surface area (Å²) >= 11 is 0. The highest BCUT2D eigenvalue weighted by Crippen LogP contribution is 2.26. The Morgan fingerprint density at radius 3 is 2.55 bits per heavy atom. The molecular formula is C23H26N2O4. The highest BCUT2D eigenvalue weighted by molar-refractivity contribution is 6.00. The molecule has 0 radical (unpaired) electrons. The number of hydrogen-bond donors (Lipinski definition) is 1. The monoisotopic (exact) mass is 394 g/mol. The first-order valence-corrected chi connectivity index (χ1v) is 9.80. The highest BCUT2D eigenvalue weighted by Gasteiger charge is 2.36. The zero-order chi connectivity index (χ0) is 21.0. The van der Waals surface area contributed by atoms with Crippen LogP contribution in [0.25, 0.3) is 0 Å². The van der Waals surface area contributed by atoms with Gasteiger partial charge in [-0.2, -0.15) is 0 Å². The van der Waals surface area contributed by atoms with Crippen molar-refractivity contribution in [3.63, 3.8) is 0 Å². The van der Waals surface area contributed by atoms with Gasteiger partial charge in [-0.25, -0.2) is 0 Å². The minimum atomic E-state index is -0.568.